The van der Waals surface area contributed by atoms with E-state index in [2.05, 4.69) is 20.2 Å². The normalized spacial score (nSPS) is 13.9. The lowest BCUT2D eigenvalue weighted by Crippen LogP contribution is -2.47. The van der Waals surface area contributed by atoms with Crippen molar-refractivity contribution in [1.82, 2.24) is 9.97 Å². The Hall–Kier alpha value is -3.82. The van der Waals surface area contributed by atoms with Gasteiger partial charge in [0.25, 0.3) is 0 Å². The minimum Gasteiger partial charge on any atom is -0.497 e. The van der Waals surface area contributed by atoms with Gasteiger partial charge >= 0.3 is 5.69 Å². The van der Waals surface area contributed by atoms with Gasteiger partial charge in [0.2, 0.25) is 11.6 Å². The van der Waals surface area contributed by atoms with Gasteiger partial charge in [0, 0.05) is 31.9 Å². The van der Waals surface area contributed by atoms with Crippen LogP contribution in [-0.2, 0) is 6.54 Å². The van der Waals surface area contributed by atoms with Gasteiger partial charge in [-0.15, -0.1) is 0 Å². The van der Waals surface area contributed by atoms with E-state index < -0.39 is 4.92 Å². The van der Waals surface area contributed by atoms with Crippen LogP contribution >= 0.6 is 0 Å². The highest BCUT2D eigenvalue weighted by atomic mass is 16.6. The van der Waals surface area contributed by atoms with Crippen LogP contribution in [0.25, 0.3) is 0 Å². The Labute approximate surface area is 173 Å². The van der Waals surface area contributed by atoms with Crippen molar-refractivity contribution in [3.63, 3.8) is 0 Å². The maximum Gasteiger partial charge on any atom is 0.353 e. The highest BCUT2D eigenvalue weighted by Crippen LogP contribution is 2.33. The SMILES string of the molecule is COc1ccc(N2CCN(c3ncnc(NCc4ccco4)c3[N+](=O)[O-])CC2)cc1. The number of benzene rings is 1. The Bertz CT molecular complexity index is 985. The van der Waals surface area contributed by atoms with E-state index in [-0.39, 0.29) is 11.5 Å². The number of nitro groups is 1. The Balaban J connectivity index is 1.48. The summed E-state index contributed by atoms with van der Waals surface area (Å²) in [7, 11) is 1.64. The first kappa shape index (κ1) is 19.5. The second-order valence-electron chi connectivity index (χ2n) is 6.76. The standard InChI is InChI=1S/C20H22N6O4/c1-29-16-6-4-15(5-7-16)24-8-10-25(11-9-24)20-18(26(27)28)19(22-14-23-20)21-13-17-3-2-12-30-17/h2-7,12,14H,8-11,13H2,1H3,(H,21,22,23). The number of ether oxygens (including phenoxy) is 1. The fraction of sp³-hybridized carbons (Fsp3) is 0.300. The van der Waals surface area contributed by atoms with Gasteiger partial charge in [-0.25, -0.2) is 9.97 Å². The van der Waals surface area contributed by atoms with Gasteiger partial charge in [-0.05, 0) is 36.4 Å². The highest BCUT2D eigenvalue weighted by molar-refractivity contribution is 5.70. The van der Waals surface area contributed by atoms with Crippen molar-refractivity contribution in [2.24, 2.45) is 0 Å². The van der Waals surface area contributed by atoms with Crippen LogP contribution in [0.5, 0.6) is 5.75 Å². The third kappa shape index (κ3) is 4.12. The summed E-state index contributed by atoms with van der Waals surface area (Å²) in [4.78, 5) is 23.8. The maximum absolute atomic E-state index is 11.8. The molecule has 0 amide bonds. The Morgan fingerprint density at radius 2 is 1.87 bits per heavy atom. The molecule has 1 N–H and O–H groups in total. The second kappa shape index (κ2) is 8.68. The lowest BCUT2D eigenvalue weighted by Gasteiger charge is -2.36. The molecule has 2 aromatic heterocycles. The van der Waals surface area contributed by atoms with E-state index in [4.69, 9.17) is 9.15 Å². The molecule has 0 spiro atoms. The molecule has 1 fully saturated rings. The summed E-state index contributed by atoms with van der Waals surface area (Å²) < 4.78 is 10.5. The molecule has 0 saturated carbocycles. The van der Waals surface area contributed by atoms with E-state index in [9.17, 15) is 10.1 Å². The number of anilines is 3. The zero-order valence-corrected chi connectivity index (χ0v) is 16.5. The molecule has 3 heterocycles. The molecule has 1 aromatic carbocycles. The number of methoxy groups -OCH3 is 1. The third-order valence-corrected chi connectivity index (χ3v) is 5.01. The van der Waals surface area contributed by atoms with Crippen LogP contribution in [0.2, 0.25) is 0 Å². The smallest absolute Gasteiger partial charge is 0.353 e. The number of piperazine rings is 1. The number of nitrogens with zero attached hydrogens (tertiary/aromatic N) is 5. The second-order valence-corrected chi connectivity index (χ2v) is 6.76. The summed E-state index contributed by atoms with van der Waals surface area (Å²) >= 11 is 0. The van der Waals surface area contributed by atoms with Crippen LogP contribution in [0.3, 0.4) is 0 Å². The number of furan rings is 1. The molecule has 0 unspecified atom stereocenters. The summed E-state index contributed by atoms with van der Waals surface area (Å²) in [5.74, 6) is 1.98. The zero-order valence-electron chi connectivity index (χ0n) is 16.5. The predicted molar refractivity (Wildman–Crippen MR) is 112 cm³/mol. The van der Waals surface area contributed by atoms with Gasteiger partial charge in [0.15, 0.2) is 0 Å². The van der Waals surface area contributed by atoms with Gasteiger partial charge in [0.1, 0.15) is 17.8 Å². The molecule has 0 aliphatic carbocycles. The highest BCUT2D eigenvalue weighted by Gasteiger charge is 2.29. The molecule has 4 rings (SSSR count). The summed E-state index contributed by atoms with van der Waals surface area (Å²) in [6.07, 6.45) is 2.90. The van der Waals surface area contributed by atoms with E-state index in [1.807, 2.05) is 29.2 Å². The fourth-order valence-electron chi connectivity index (χ4n) is 3.45. The summed E-state index contributed by atoms with van der Waals surface area (Å²) in [6, 6.07) is 11.4. The Morgan fingerprint density at radius 1 is 1.13 bits per heavy atom. The van der Waals surface area contributed by atoms with Gasteiger partial charge in [0.05, 0.1) is 24.8 Å². The van der Waals surface area contributed by atoms with E-state index in [1.165, 1.54) is 6.33 Å². The molecule has 1 saturated heterocycles. The number of nitrogens with one attached hydrogen (secondary N) is 1. The first-order valence-corrected chi connectivity index (χ1v) is 9.55. The van der Waals surface area contributed by atoms with Crippen molar-refractivity contribution < 1.29 is 14.1 Å². The lowest BCUT2D eigenvalue weighted by atomic mass is 10.2. The summed E-state index contributed by atoms with van der Waals surface area (Å²) in [6.45, 7) is 2.98. The fourth-order valence-corrected chi connectivity index (χ4v) is 3.45. The van der Waals surface area contributed by atoms with Gasteiger partial charge in [-0.2, -0.15) is 0 Å². The van der Waals surface area contributed by atoms with Crippen LogP contribution in [0.15, 0.2) is 53.4 Å². The maximum atomic E-state index is 11.8. The van der Waals surface area contributed by atoms with Crippen molar-refractivity contribution in [3.8, 4) is 5.75 Å². The number of aromatic nitrogens is 2. The lowest BCUT2D eigenvalue weighted by molar-refractivity contribution is -0.383. The van der Waals surface area contributed by atoms with Crippen molar-refractivity contribution in [2.75, 3.05) is 48.4 Å². The molecule has 10 heteroatoms. The number of hydrogen-bond donors (Lipinski definition) is 1. The summed E-state index contributed by atoms with van der Waals surface area (Å²) in [5, 5.41) is 14.8. The van der Waals surface area contributed by atoms with Crippen LogP contribution < -0.4 is 19.9 Å². The molecular weight excluding hydrogens is 388 g/mol. The molecule has 10 nitrogen and oxygen atoms in total. The van der Waals surface area contributed by atoms with Crippen LogP contribution in [-0.4, -0.2) is 48.2 Å². The third-order valence-electron chi connectivity index (χ3n) is 5.01. The van der Waals surface area contributed by atoms with Crippen LogP contribution in [0.4, 0.5) is 23.0 Å². The Kier molecular flexibility index (Phi) is 5.64. The van der Waals surface area contributed by atoms with Crippen LogP contribution in [0.1, 0.15) is 5.76 Å². The van der Waals surface area contributed by atoms with E-state index in [0.29, 0.717) is 31.2 Å². The quantitative estimate of drug-likeness (QED) is 0.464. The topological polar surface area (TPSA) is 110 Å². The average Bonchev–Trinajstić information content (AvgIpc) is 3.31. The minimum absolute atomic E-state index is 0.123. The molecule has 3 aromatic rings. The first-order chi connectivity index (χ1) is 14.7. The van der Waals surface area contributed by atoms with Crippen molar-refractivity contribution in [1.29, 1.82) is 0 Å². The monoisotopic (exact) mass is 410 g/mol. The largest absolute Gasteiger partial charge is 0.497 e. The van der Waals surface area contributed by atoms with Crippen molar-refractivity contribution in [2.45, 2.75) is 6.54 Å². The molecule has 0 bridgehead atoms. The molecule has 0 atom stereocenters. The number of hydrogen-bond acceptors (Lipinski definition) is 9. The molecule has 156 valence electrons. The van der Waals surface area contributed by atoms with Crippen molar-refractivity contribution >= 4 is 23.0 Å². The molecule has 30 heavy (non-hydrogen) atoms. The van der Waals surface area contributed by atoms with Crippen molar-refractivity contribution in [3.05, 3.63) is 64.9 Å². The minimum atomic E-state index is -0.435. The molecule has 0 radical (unpaired) electrons. The predicted octanol–water partition coefficient (Wildman–Crippen LogP) is 2.93. The molecule has 1 aliphatic rings. The molecule has 1 aliphatic heterocycles. The van der Waals surface area contributed by atoms with E-state index >= 15 is 0 Å². The first-order valence-electron chi connectivity index (χ1n) is 9.55. The number of rotatable bonds is 7. The van der Waals surface area contributed by atoms with Gasteiger partial charge in [-0.1, -0.05) is 0 Å². The van der Waals surface area contributed by atoms with E-state index in [0.717, 1.165) is 24.5 Å². The van der Waals surface area contributed by atoms with Crippen LogP contribution in [0, 0.1) is 10.1 Å². The Morgan fingerprint density at radius 3 is 2.50 bits per heavy atom. The summed E-state index contributed by atoms with van der Waals surface area (Å²) in [5.41, 5.74) is 0.968. The van der Waals surface area contributed by atoms with Gasteiger partial charge < -0.3 is 24.3 Å². The van der Waals surface area contributed by atoms with E-state index in [1.54, 1.807) is 25.5 Å². The zero-order chi connectivity index (χ0) is 20.9. The average molecular weight is 410 g/mol. The van der Waals surface area contributed by atoms with Gasteiger partial charge in [-0.3, -0.25) is 10.1 Å². The molecular formula is C20H22N6O4.